The third kappa shape index (κ3) is 6.53. The minimum absolute atomic E-state index is 0. The molecule has 0 aromatic rings. The minimum atomic E-state index is 0. The zero-order valence-corrected chi connectivity index (χ0v) is 12.5. The molecule has 1 heterocycles. The highest BCUT2D eigenvalue weighted by Crippen LogP contribution is 2.11. The molecule has 0 aliphatic carbocycles. The first-order valence-electron chi connectivity index (χ1n) is 6.36. The molecule has 0 aromatic heterocycles. The monoisotopic (exact) mass is 280 g/mol. The van der Waals surface area contributed by atoms with Crippen LogP contribution in [0.5, 0.6) is 0 Å². The molecule has 1 fully saturated rings. The largest absolute Gasteiger partial charge is 0.343 e. The first-order valence-corrected chi connectivity index (χ1v) is 7.52. The highest BCUT2D eigenvalue weighted by Gasteiger charge is 2.19. The van der Waals surface area contributed by atoms with Crippen molar-refractivity contribution in [2.45, 2.75) is 39.2 Å². The van der Waals surface area contributed by atoms with Crippen molar-refractivity contribution in [3.05, 3.63) is 0 Å². The standard InChI is InChI=1S/C12H24N2OS.ClH/c1-3-5-7-14(4-2)12(15)9-11-10-16-8-6-13-11;/h11,13H,3-10H2,1-2H3;1H. The Hall–Kier alpha value is 0.0700. The molecule has 102 valence electrons. The van der Waals surface area contributed by atoms with E-state index in [1.165, 1.54) is 5.75 Å². The number of halogens is 1. The van der Waals surface area contributed by atoms with E-state index in [9.17, 15) is 4.79 Å². The Balaban J connectivity index is 0.00000256. The average Bonchev–Trinajstić information content (AvgIpc) is 2.31. The topological polar surface area (TPSA) is 32.3 Å². The first kappa shape index (κ1) is 17.1. The summed E-state index contributed by atoms with van der Waals surface area (Å²) in [6.07, 6.45) is 2.94. The molecule has 1 N–H and O–H groups in total. The van der Waals surface area contributed by atoms with Gasteiger partial charge in [0.1, 0.15) is 0 Å². The van der Waals surface area contributed by atoms with E-state index >= 15 is 0 Å². The number of nitrogens with zero attached hydrogens (tertiary/aromatic N) is 1. The predicted octanol–water partition coefficient (Wildman–Crippen LogP) is 2.15. The summed E-state index contributed by atoms with van der Waals surface area (Å²) in [5, 5.41) is 3.42. The second-order valence-corrected chi connectivity index (χ2v) is 5.41. The Bertz CT molecular complexity index is 211. The number of carbonyl (C=O) groups is 1. The lowest BCUT2D eigenvalue weighted by atomic mass is 10.2. The molecule has 5 heteroatoms. The number of carbonyl (C=O) groups excluding carboxylic acids is 1. The van der Waals surface area contributed by atoms with E-state index in [0.717, 1.165) is 38.2 Å². The average molecular weight is 281 g/mol. The molecule has 0 spiro atoms. The number of hydrogen-bond donors (Lipinski definition) is 1. The van der Waals surface area contributed by atoms with E-state index in [0.29, 0.717) is 18.4 Å². The van der Waals surface area contributed by atoms with Crippen LogP contribution in [-0.4, -0.2) is 48.0 Å². The number of amides is 1. The van der Waals surface area contributed by atoms with Gasteiger partial charge >= 0.3 is 0 Å². The Kier molecular flexibility index (Phi) is 10.1. The van der Waals surface area contributed by atoms with Crippen molar-refractivity contribution < 1.29 is 4.79 Å². The summed E-state index contributed by atoms with van der Waals surface area (Å²) in [7, 11) is 0. The Labute approximate surface area is 115 Å². The van der Waals surface area contributed by atoms with Gasteiger partial charge in [-0.15, -0.1) is 12.4 Å². The van der Waals surface area contributed by atoms with Gasteiger partial charge in [-0.2, -0.15) is 11.8 Å². The minimum Gasteiger partial charge on any atom is -0.343 e. The number of rotatable bonds is 6. The molecule has 1 rings (SSSR count). The van der Waals surface area contributed by atoms with Gasteiger partial charge in [0.2, 0.25) is 5.91 Å². The highest BCUT2D eigenvalue weighted by molar-refractivity contribution is 7.99. The van der Waals surface area contributed by atoms with Crippen LogP contribution in [0.25, 0.3) is 0 Å². The molecule has 3 nitrogen and oxygen atoms in total. The van der Waals surface area contributed by atoms with Gasteiger partial charge < -0.3 is 10.2 Å². The first-order chi connectivity index (χ1) is 7.77. The van der Waals surface area contributed by atoms with Crippen LogP contribution in [0.4, 0.5) is 0 Å². The molecule has 0 aromatic carbocycles. The molecular weight excluding hydrogens is 256 g/mol. The lowest BCUT2D eigenvalue weighted by Gasteiger charge is -2.26. The molecule has 1 amide bonds. The number of thioether (sulfide) groups is 1. The van der Waals surface area contributed by atoms with Crippen LogP contribution >= 0.6 is 24.2 Å². The highest BCUT2D eigenvalue weighted by atomic mass is 35.5. The van der Waals surface area contributed by atoms with E-state index in [1.54, 1.807) is 0 Å². The zero-order valence-electron chi connectivity index (χ0n) is 10.9. The molecule has 0 radical (unpaired) electrons. The molecular formula is C12H25ClN2OS. The molecule has 1 aliphatic heterocycles. The van der Waals surface area contributed by atoms with Crippen LogP contribution in [0.1, 0.15) is 33.1 Å². The van der Waals surface area contributed by atoms with Gasteiger partial charge in [-0.1, -0.05) is 13.3 Å². The van der Waals surface area contributed by atoms with Gasteiger partial charge in [-0.05, 0) is 13.3 Å². The molecule has 1 unspecified atom stereocenters. The second-order valence-electron chi connectivity index (χ2n) is 4.26. The van der Waals surface area contributed by atoms with Crippen LogP contribution < -0.4 is 5.32 Å². The van der Waals surface area contributed by atoms with Crippen LogP contribution in [0.15, 0.2) is 0 Å². The SMILES string of the molecule is CCCCN(CC)C(=O)CC1CSCCN1.Cl. The lowest BCUT2D eigenvalue weighted by molar-refractivity contribution is -0.131. The van der Waals surface area contributed by atoms with Crippen LogP contribution in [0, 0.1) is 0 Å². The number of nitrogens with one attached hydrogen (secondary N) is 1. The van der Waals surface area contributed by atoms with Crippen molar-refractivity contribution in [1.29, 1.82) is 0 Å². The van der Waals surface area contributed by atoms with Crippen molar-refractivity contribution in [2.24, 2.45) is 0 Å². The zero-order chi connectivity index (χ0) is 11.8. The summed E-state index contributed by atoms with van der Waals surface area (Å²) in [5.74, 6) is 2.57. The van der Waals surface area contributed by atoms with Gasteiger partial charge in [-0.3, -0.25) is 4.79 Å². The Morgan fingerprint density at radius 3 is 2.76 bits per heavy atom. The summed E-state index contributed by atoms with van der Waals surface area (Å²) >= 11 is 1.95. The van der Waals surface area contributed by atoms with E-state index < -0.39 is 0 Å². The molecule has 1 saturated heterocycles. The lowest BCUT2D eigenvalue weighted by Crippen LogP contribution is -2.42. The smallest absolute Gasteiger partial charge is 0.224 e. The molecule has 1 aliphatic rings. The summed E-state index contributed by atoms with van der Waals surface area (Å²) in [6, 6.07) is 0.391. The fourth-order valence-corrected chi connectivity index (χ4v) is 2.85. The van der Waals surface area contributed by atoms with Crippen molar-refractivity contribution in [1.82, 2.24) is 10.2 Å². The van der Waals surface area contributed by atoms with Crippen molar-refractivity contribution >= 4 is 30.1 Å². The Morgan fingerprint density at radius 1 is 1.47 bits per heavy atom. The fourth-order valence-electron chi connectivity index (χ4n) is 1.90. The van der Waals surface area contributed by atoms with Crippen LogP contribution in [0.2, 0.25) is 0 Å². The third-order valence-corrected chi connectivity index (χ3v) is 4.07. The van der Waals surface area contributed by atoms with Gasteiger partial charge in [0.15, 0.2) is 0 Å². The van der Waals surface area contributed by atoms with Crippen molar-refractivity contribution in [3.63, 3.8) is 0 Å². The number of hydrogen-bond acceptors (Lipinski definition) is 3. The Morgan fingerprint density at radius 2 is 2.24 bits per heavy atom. The maximum Gasteiger partial charge on any atom is 0.224 e. The maximum atomic E-state index is 12.0. The summed E-state index contributed by atoms with van der Waals surface area (Å²) in [6.45, 7) is 7.04. The fraction of sp³-hybridized carbons (Fsp3) is 0.917. The van der Waals surface area contributed by atoms with Gasteiger partial charge in [-0.25, -0.2) is 0 Å². The van der Waals surface area contributed by atoms with Gasteiger partial charge in [0, 0.05) is 43.6 Å². The molecule has 0 bridgehead atoms. The van der Waals surface area contributed by atoms with Crippen molar-refractivity contribution in [3.8, 4) is 0 Å². The maximum absolute atomic E-state index is 12.0. The summed E-state index contributed by atoms with van der Waals surface area (Å²) in [4.78, 5) is 14.0. The van der Waals surface area contributed by atoms with Crippen molar-refractivity contribution in [2.75, 3.05) is 31.1 Å². The number of unbranched alkanes of at least 4 members (excludes halogenated alkanes) is 1. The third-order valence-electron chi connectivity index (χ3n) is 2.94. The van der Waals surface area contributed by atoms with E-state index in [-0.39, 0.29) is 12.4 Å². The molecule has 0 saturated carbocycles. The summed E-state index contributed by atoms with van der Waals surface area (Å²) < 4.78 is 0. The van der Waals surface area contributed by atoms with Crippen LogP contribution in [0.3, 0.4) is 0 Å². The van der Waals surface area contributed by atoms with Gasteiger partial charge in [0.05, 0.1) is 0 Å². The molecule has 17 heavy (non-hydrogen) atoms. The predicted molar refractivity (Wildman–Crippen MR) is 78.1 cm³/mol. The normalized spacial score (nSPS) is 19.5. The summed E-state index contributed by atoms with van der Waals surface area (Å²) in [5.41, 5.74) is 0. The molecule has 1 atom stereocenters. The quantitative estimate of drug-likeness (QED) is 0.809. The second kappa shape index (κ2) is 10.0. The van der Waals surface area contributed by atoms with E-state index in [1.807, 2.05) is 16.7 Å². The van der Waals surface area contributed by atoms with E-state index in [2.05, 4.69) is 19.2 Å². The van der Waals surface area contributed by atoms with Crippen LogP contribution in [-0.2, 0) is 4.79 Å². The van der Waals surface area contributed by atoms with Gasteiger partial charge in [0.25, 0.3) is 0 Å². The van der Waals surface area contributed by atoms with E-state index in [4.69, 9.17) is 0 Å².